The van der Waals surface area contributed by atoms with Crippen LogP contribution in [-0.2, 0) is 34.0 Å². The molecule has 2 aliphatic carbocycles. The summed E-state index contributed by atoms with van der Waals surface area (Å²) in [6.07, 6.45) is 6.01. The van der Waals surface area contributed by atoms with Gasteiger partial charge in [0, 0.05) is 29.8 Å². The lowest BCUT2D eigenvalue weighted by molar-refractivity contribution is -0.117. The molecule has 0 atom stereocenters. The minimum Gasteiger partial charge on any atom is -0.341 e. The molecule has 33 heavy (non-hydrogen) atoms. The molecule has 1 heterocycles. The Balaban J connectivity index is 1.81. The van der Waals surface area contributed by atoms with E-state index >= 15 is 0 Å². The van der Waals surface area contributed by atoms with E-state index in [0.29, 0.717) is 36.1 Å². The van der Waals surface area contributed by atoms with E-state index in [1.165, 1.54) is 0 Å². The minimum atomic E-state index is -3.44. The molecule has 0 radical (unpaired) electrons. The van der Waals surface area contributed by atoms with E-state index in [4.69, 9.17) is 0 Å². The van der Waals surface area contributed by atoms with Gasteiger partial charge >= 0.3 is 0 Å². The first-order valence-corrected chi connectivity index (χ1v) is 13.6. The Morgan fingerprint density at radius 3 is 2.42 bits per heavy atom. The Morgan fingerprint density at radius 2 is 1.76 bits per heavy atom. The molecule has 2 aromatic rings. The topological polar surface area (TPSA) is 73.2 Å². The zero-order valence-electron chi connectivity index (χ0n) is 20.2. The maximum atomic E-state index is 13.6. The number of benzene rings is 1. The highest BCUT2D eigenvalue weighted by molar-refractivity contribution is 7.92. The van der Waals surface area contributed by atoms with Crippen molar-refractivity contribution < 1.29 is 18.0 Å². The summed E-state index contributed by atoms with van der Waals surface area (Å²) < 4.78 is 29.1. The molecule has 4 rings (SSSR count). The van der Waals surface area contributed by atoms with Crippen LogP contribution in [0.2, 0.25) is 0 Å². The number of aromatic nitrogens is 1. The van der Waals surface area contributed by atoms with E-state index in [1.807, 2.05) is 23.6 Å². The largest absolute Gasteiger partial charge is 0.341 e. The highest BCUT2D eigenvalue weighted by Gasteiger charge is 2.37. The predicted molar refractivity (Wildman–Crippen MR) is 130 cm³/mol. The quantitative estimate of drug-likeness (QED) is 0.580. The lowest BCUT2D eigenvalue weighted by Crippen LogP contribution is -2.29. The van der Waals surface area contributed by atoms with Crippen molar-refractivity contribution in [1.82, 2.24) is 4.57 Å². The number of carbonyl (C=O) groups excluding carboxylic acids is 2. The van der Waals surface area contributed by atoms with Gasteiger partial charge in [0.05, 0.1) is 16.7 Å². The average molecular weight is 470 g/mol. The second kappa shape index (κ2) is 8.86. The van der Waals surface area contributed by atoms with Crippen LogP contribution in [-0.4, -0.2) is 29.8 Å². The van der Waals surface area contributed by atoms with Crippen LogP contribution in [0.25, 0.3) is 0 Å². The van der Waals surface area contributed by atoms with Crippen molar-refractivity contribution in [3.63, 3.8) is 0 Å². The molecule has 178 valence electrons. The number of Topliss-reactive ketones (excluding diaryl/α,β-unsaturated/α-hetero) is 2. The van der Waals surface area contributed by atoms with E-state index in [1.54, 1.807) is 19.1 Å². The van der Waals surface area contributed by atoms with Crippen LogP contribution in [0.15, 0.2) is 29.2 Å². The molecule has 0 N–H and O–H groups in total. The van der Waals surface area contributed by atoms with Crippen molar-refractivity contribution in [3.8, 4) is 0 Å². The monoisotopic (exact) mass is 469 g/mol. The number of sulfone groups is 1. The van der Waals surface area contributed by atoms with Crippen molar-refractivity contribution in [1.29, 1.82) is 0 Å². The smallest absolute Gasteiger partial charge is 0.181 e. The molecule has 0 amide bonds. The molecule has 1 aromatic heterocycles. The highest BCUT2D eigenvalue weighted by Crippen LogP contribution is 2.40. The number of carbonyl (C=O) groups is 2. The fourth-order valence-electron chi connectivity index (χ4n) is 5.73. The molecule has 0 aliphatic heterocycles. The maximum absolute atomic E-state index is 13.6. The molecule has 0 unspecified atom stereocenters. The van der Waals surface area contributed by atoms with Gasteiger partial charge in [-0.3, -0.25) is 9.59 Å². The number of rotatable bonds is 6. The minimum absolute atomic E-state index is 0.0403. The third kappa shape index (κ3) is 4.59. The number of ketones is 2. The van der Waals surface area contributed by atoms with Crippen LogP contribution >= 0.6 is 0 Å². The van der Waals surface area contributed by atoms with Gasteiger partial charge in [-0.25, -0.2) is 8.42 Å². The van der Waals surface area contributed by atoms with Crippen molar-refractivity contribution >= 4 is 21.4 Å². The first-order chi connectivity index (χ1) is 15.5. The Labute approximate surface area is 197 Å². The Hall–Kier alpha value is -2.21. The van der Waals surface area contributed by atoms with Crippen LogP contribution in [0, 0.1) is 12.3 Å². The summed E-state index contributed by atoms with van der Waals surface area (Å²) in [4.78, 5) is 25.7. The first-order valence-electron chi connectivity index (χ1n) is 12.1. The van der Waals surface area contributed by atoms with Gasteiger partial charge in [0.1, 0.15) is 5.78 Å². The van der Waals surface area contributed by atoms with Gasteiger partial charge in [0.15, 0.2) is 15.6 Å². The summed E-state index contributed by atoms with van der Waals surface area (Å²) in [6, 6.07) is 7.25. The molecule has 1 fully saturated rings. The summed E-state index contributed by atoms with van der Waals surface area (Å²) >= 11 is 0. The molecule has 1 saturated carbocycles. The standard InChI is InChI=1S/C27H35NO4S/c1-18(29)17-28-19(2)22(26-23(28)15-27(3,4)16-24(26)30)14-20-10-8-9-13-25(20)33(31,32)21-11-6-5-7-12-21/h8-10,13,21H,5-7,11-12,14-17H2,1-4H3. The van der Waals surface area contributed by atoms with Crippen molar-refractivity contribution in [2.45, 2.75) is 95.8 Å². The van der Waals surface area contributed by atoms with Gasteiger partial charge in [-0.2, -0.15) is 0 Å². The highest BCUT2D eigenvalue weighted by atomic mass is 32.2. The van der Waals surface area contributed by atoms with Gasteiger partial charge in [-0.05, 0) is 55.7 Å². The predicted octanol–water partition coefficient (Wildman–Crippen LogP) is 5.24. The summed E-state index contributed by atoms with van der Waals surface area (Å²) in [5, 5.41) is -0.327. The van der Waals surface area contributed by atoms with E-state index in [0.717, 1.165) is 48.2 Å². The fraction of sp³-hybridized carbons (Fsp3) is 0.556. The molecule has 5 nitrogen and oxygen atoms in total. The first kappa shape index (κ1) is 23.9. The van der Waals surface area contributed by atoms with Crippen LogP contribution in [0.4, 0.5) is 0 Å². The van der Waals surface area contributed by atoms with E-state index in [9.17, 15) is 18.0 Å². The van der Waals surface area contributed by atoms with Crippen LogP contribution in [0.5, 0.6) is 0 Å². The summed E-state index contributed by atoms with van der Waals surface area (Å²) in [6.45, 7) is 7.92. The van der Waals surface area contributed by atoms with Gasteiger partial charge < -0.3 is 4.57 Å². The second-order valence-corrected chi connectivity index (χ2v) is 12.9. The molecule has 0 bridgehead atoms. The van der Waals surface area contributed by atoms with Crippen molar-refractivity contribution in [2.75, 3.05) is 0 Å². The fourth-order valence-corrected chi connectivity index (χ4v) is 7.82. The summed E-state index contributed by atoms with van der Waals surface area (Å²) in [5.41, 5.74) is 3.98. The van der Waals surface area contributed by atoms with Crippen molar-refractivity contribution in [2.24, 2.45) is 5.41 Å². The normalized spacial score (nSPS) is 18.8. The SMILES string of the molecule is CC(=O)Cn1c(C)c(Cc2ccccc2S(=O)(=O)C2CCCCC2)c2c1CC(C)(C)CC2=O. The second-order valence-electron chi connectivity index (χ2n) is 10.7. The molecule has 6 heteroatoms. The lowest BCUT2D eigenvalue weighted by atomic mass is 9.75. The molecule has 0 spiro atoms. The van der Waals surface area contributed by atoms with Crippen LogP contribution in [0.1, 0.15) is 92.2 Å². The number of nitrogens with zero attached hydrogens (tertiary/aromatic N) is 1. The molecule has 2 aliphatic rings. The Kier molecular flexibility index (Phi) is 6.43. The number of fused-ring (bicyclic) bond motifs is 1. The lowest BCUT2D eigenvalue weighted by Gasteiger charge is -2.30. The zero-order valence-corrected chi connectivity index (χ0v) is 21.1. The third-order valence-electron chi connectivity index (χ3n) is 7.34. The van der Waals surface area contributed by atoms with Crippen LogP contribution in [0.3, 0.4) is 0 Å². The van der Waals surface area contributed by atoms with Crippen molar-refractivity contribution in [3.05, 3.63) is 52.3 Å². The van der Waals surface area contributed by atoms with Gasteiger partial charge in [0.2, 0.25) is 0 Å². The molecule has 1 aromatic carbocycles. The Morgan fingerprint density at radius 1 is 1.09 bits per heavy atom. The Bertz CT molecular complexity index is 1200. The number of hydrogen-bond acceptors (Lipinski definition) is 4. The maximum Gasteiger partial charge on any atom is 0.181 e. The molecular weight excluding hydrogens is 434 g/mol. The van der Waals surface area contributed by atoms with Crippen LogP contribution < -0.4 is 0 Å². The van der Waals surface area contributed by atoms with E-state index < -0.39 is 9.84 Å². The average Bonchev–Trinajstić information content (AvgIpc) is 2.99. The molecular formula is C27H35NO4S. The summed E-state index contributed by atoms with van der Waals surface area (Å²) in [7, 11) is -3.44. The third-order valence-corrected chi connectivity index (χ3v) is 9.70. The number of hydrogen-bond donors (Lipinski definition) is 0. The van der Waals surface area contributed by atoms with Gasteiger partial charge in [-0.1, -0.05) is 51.3 Å². The van der Waals surface area contributed by atoms with E-state index in [-0.39, 0.29) is 28.8 Å². The van der Waals surface area contributed by atoms with Gasteiger partial charge in [-0.15, -0.1) is 0 Å². The molecule has 0 saturated heterocycles. The zero-order chi connectivity index (χ0) is 24.0. The summed E-state index contributed by atoms with van der Waals surface area (Å²) in [5.74, 6) is 0.132. The van der Waals surface area contributed by atoms with E-state index in [2.05, 4.69) is 13.8 Å². The van der Waals surface area contributed by atoms with Gasteiger partial charge in [0.25, 0.3) is 0 Å².